The van der Waals surface area contributed by atoms with E-state index in [2.05, 4.69) is 22.5 Å². The molecule has 5 nitrogen and oxygen atoms in total. The van der Waals surface area contributed by atoms with Crippen LogP contribution in [-0.4, -0.2) is 51.5 Å². The third kappa shape index (κ3) is 7.99. The van der Waals surface area contributed by atoms with Gasteiger partial charge in [-0.2, -0.15) is 0 Å². The monoisotopic (exact) mass is 311 g/mol. The fourth-order valence-electron chi connectivity index (χ4n) is 2.69. The number of aliphatic imine (C=N–C) groups is 1. The summed E-state index contributed by atoms with van der Waals surface area (Å²) in [6.07, 6.45) is 9.12. The summed E-state index contributed by atoms with van der Waals surface area (Å²) in [5, 5.41) is 6.72. The van der Waals surface area contributed by atoms with E-state index in [1.165, 1.54) is 32.1 Å². The Morgan fingerprint density at radius 2 is 2.14 bits per heavy atom. The van der Waals surface area contributed by atoms with Crippen molar-refractivity contribution in [3.63, 3.8) is 0 Å². The van der Waals surface area contributed by atoms with Crippen LogP contribution in [0.25, 0.3) is 0 Å². The topological polar surface area (TPSA) is 54.9 Å². The van der Waals surface area contributed by atoms with Crippen molar-refractivity contribution in [3.05, 3.63) is 0 Å². The van der Waals surface area contributed by atoms with Crippen molar-refractivity contribution in [2.24, 2.45) is 10.9 Å². The Morgan fingerprint density at radius 3 is 2.86 bits per heavy atom. The predicted octanol–water partition coefficient (Wildman–Crippen LogP) is 2.32. The quantitative estimate of drug-likeness (QED) is 0.349. The first-order chi connectivity index (χ1) is 10.9. The molecule has 0 amide bonds. The summed E-state index contributed by atoms with van der Waals surface area (Å²) in [6, 6.07) is 0. The number of hydrogen-bond acceptors (Lipinski definition) is 3. The first-order valence-electron chi connectivity index (χ1n) is 9.10. The molecule has 1 aliphatic carbocycles. The molecule has 1 saturated heterocycles. The number of nitrogens with one attached hydrogen (secondary N) is 2. The second-order valence-electron chi connectivity index (χ2n) is 6.34. The standard InChI is InChI=1S/C17H33N3O2/c1-2-18-17(19-10-3-6-15-8-9-15)20-11-5-12-21-14-16-7-4-13-22-16/h15-16H,2-14H2,1H3,(H2,18,19,20). The van der Waals surface area contributed by atoms with Gasteiger partial charge >= 0.3 is 0 Å². The minimum Gasteiger partial charge on any atom is -0.379 e. The van der Waals surface area contributed by atoms with Gasteiger partial charge in [-0.05, 0) is 44.9 Å². The van der Waals surface area contributed by atoms with Gasteiger partial charge in [0, 0.05) is 32.8 Å². The summed E-state index contributed by atoms with van der Waals surface area (Å²) in [5.74, 6) is 1.96. The van der Waals surface area contributed by atoms with Crippen LogP contribution in [0.15, 0.2) is 4.99 Å². The van der Waals surface area contributed by atoms with E-state index in [0.29, 0.717) is 6.10 Å². The van der Waals surface area contributed by atoms with E-state index in [1.807, 2.05) is 0 Å². The summed E-state index contributed by atoms with van der Waals surface area (Å²) in [7, 11) is 0. The molecule has 1 saturated carbocycles. The van der Waals surface area contributed by atoms with Gasteiger partial charge in [0.05, 0.1) is 12.7 Å². The molecule has 5 heteroatoms. The second-order valence-corrected chi connectivity index (χ2v) is 6.34. The van der Waals surface area contributed by atoms with Crippen molar-refractivity contribution < 1.29 is 9.47 Å². The molecule has 0 bridgehead atoms. The molecule has 2 aliphatic rings. The van der Waals surface area contributed by atoms with E-state index in [9.17, 15) is 0 Å². The van der Waals surface area contributed by atoms with Crippen LogP contribution >= 0.6 is 0 Å². The van der Waals surface area contributed by atoms with E-state index >= 15 is 0 Å². The van der Waals surface area contributed by atoms with Crippen LogP contribution in [0.1, 0.15) is 51.9 Å². The SMILES string of the molecule is CCNC(=NCCCOCC1CCCO1)NCCCC1CC1. The highest BCUT2D eigenvalue weighted by molar-refractivity contribution is 5.79. The number of guanidine groups is 1. The van der Waals surface area contributed by atoms with Crippen molar-refractivity contribution in [3.8, 4) is 0 Å². The van der Waals surface area contributed by atoms with Gasteiger partial charge in [0.2, 0.25) is 0 Å². The zero-order valence-electron chi connectivity index (χ0n) is 14.1. The molecule has 1 aliphatic heterocycles. The highest BCUT2D eigenvalue weighted by Crippen LogP contribution is 2.33. The molecule has 0 aromatic heterocycles. The lowest BCUT2D eigenvalue weighted by molar-refractivity contribution is 0.0171. The minimum absolute atomic E-state index is 0.328. The van der Waals surface area contributed by atoms with Gasteiger partial charge in [-0.25, -0.2) is 0 Å². The molecule has 1 heterocycles. The molecule has 1 atom stereocenters. The van der Waals surface area contributed by atoms with Crippen LogP contribution < -0.4 is 10.6 Å². The number of ether oxygens (including phenoxy) is 2. The van der Waals surface area contributed by atoms with Crippen molar-refractivity contribution >= 4 is 5.96 Å². The average molecular weight is 311 g/mol. The maximum atomic E-state index is 5.66. The number of rotatable bonds is 11. The highest BCUT2D eigenvalue weighted by atomic mass is 16.5. The molecule has 0 radical (unpaired) electrons. The van der Waals surface area contributed by atoms with E-state index in [-0.39, 0.29) is 0 Å². The van der Waals surface area contributed by atoms with Gasteiger partial charge in [0.25, 0.3) is 0 Å². The van der Waals surface area contributed by atoms with Crippen LogP contribution in [0.5, 0.6) is 0 Å². The lowest BCUT2D eigenvalue weighted by Crippen LogP contribution is -2.38. The van der Waals surface area contributed by atoms with Gasteiger partial charge in [0.1, 0.15) is 0 Å². The largest absolute Gasteiger partial charge is 0.379 e. The van der Waals surface area contributed by atoms with Gasteiger partial charge in [-0.15, -0.1) is 0 Å². The van der Waals surface area contributed by atoms with Crippen LogP contribution in [-0.2, 0) is 9.47 Å². The third-order valence-corrected chi connectivity index (χ3v) is 4.17. The Bertz CT molecular complexity index is 313. The predicted molar refractivity (Wildman–Crippen MR) is 90.3 cm³/mol. The normalized spacial score (nSPS) is 22.0. The average Bonchev–Trinajstić information content (AvgIpc) is 3.20. The Morgan fingerprint density at radius 1 is 1.23 bits per heavy atom. The lowest BCUT2D eigenvalue weighted by atomic mass is 10.2. The zero-order valence-corrected chi connectivity index (χ0v) is 14.1. The summed E-state index contributed by atoms with van der Waals surface area (Å²) in [5.41, 5.74) is 0. The maximum Gasteiger partial charge on any atom is 0.191 e. The molecule has 2 N–H and O–H groups in total. The molecule has 128 valence electrons. The molecule has 0 aromatic carbocycles. The van der Waals surface area contributed by atoms with E-state index < -0.39 is 0 Å². The molecule has 2 rings (SSSR count). The number of hydrogen-bond donors (Lipinski definition) is 2. The molecule has 1 unspecified atom stereocenters. The van der Waals surface area contributed by atoms with Gasteiger partial charge in [0.15, 0.2) is 5.96 Å². The van der Waals surface area contributed by atoms with Gasteiger partial charge in [-0.3, -0.25) is 4.99 Å². The molecule has 0 aromatic rings. The summed E-state index contributed by atoms with van der Waals surface area (Å²) in [4.78, 5) is 4.60. The van der Waals surface area contributed by atoms with Crippen LogP contribution in [0.3, 0.4) is 0 Å². The van der Waals surface area contributed by atoms with Crippen LogP contribution in [0.4, 0.5) is 0 Å². The van der Waals surface area contributed by atoms with Gasteiger partial charge < -0.3 is 20.1 Å². The summed E-state index contributed by atoms with van der Waals surface area (Å²) in [6.45, 7) is 7.25. The van der Waals surface area contributed by atoms with Crippen LogP contribution in [0, 0.1) is 5.92 Å². The lowest BCUT2D eigenvalue weighted by Gasteiger charge is -2.11. The Labute approximate surface area is 135 Å². The van der Waals surface area contributed by atoms with Crippen molar-refractivity contribution in [2.75, 3.05) is 39.5 Å². The maximum absolute atomic E-state index is 5.66. The van der Waals surface area contributed by atoms with Crippen LogP contribution in [0.2, 0.25) is 0 Å². The molecular formula is C17H33N3O2. The first kappa shape index (κ1) is 17.5. The molecular weight excluding hydrogens is 278 g/mol. The molecule has 22 heavy (non-hydrogen) atoms. The Hall–Kier alpha value is -0.810. The summed E-state index contributed by atoms with van der Waals surface area (Å²) < 4.78 is 11.2. The van der Waals surface area contributed by atoms with Crippen molar-refractivity contribution in [1.29, 1.82) is 0 Å². The summed E-state index contributed by atoms with van der Waals surface area (Å²) >= 11 is 0. The van der Waals surface area contributed by atoms with E-state index in [4.69, 9.17) is 9.47 Å². The smallest absolute Gasteiger partial charge is 0.191 e. The number of nitrogens with zero attached hydrogens (tertiary/aromatic N) is 1. The van der Waals surface area contributed by atoms with E-state index in [0.717, 1.165) is 64.2 Å². The molecule has 0 spiro atoms. The minimum atomic E-state index is 0.328. The van der Waals surface area contributed by atoms with Gasteiger partial charge in [-0.1, -0.05) is 12.8 Å². The van der Waals surface area contributed by atoms with Crippen molar-refractivity contribution in [2.45, 2.75) is 58.0 Å². The highest BCUT2D eigenvalue weighted by Gasteiger charge is 2.20. The zero-order chi connectivity index (χ0) is 15.5. The second kappa shape index (κ2) is 10.8. The third-order valence-electron chi connectivity index (χ3n) is 4.17. The Balaban J connectivity index is 1.47. The first-order valence-corrected chi connectivity index (χ1v) is 9.10. The molecule has 2 fully saturated rings. The fraction of sp³-hybridized carbons (Fsp3) is 0.941. The van der Waals surface area contributed by atoms with Crippen molar-refractivity contribution in [1.82, 2.24) is 10.6 Å². The van der Waals surface area contributed by atoms with E-state index in [1.54, 1.807) is 0 Å². The fourth-order valence-corrected chi connectivity index (χ4v) is 2.69. The Kier molecular flexibility index (Phi) is 8.64.